The summed E-state index contributed by atoms with van der Waals surface area (Å²) in [5.41, 5.74) is 0.551. The van der Waals surface area contributed by atoms with E-state index in [0.717, 1.165) is 6.04 Å². The van der Waals surface area contributed by atoms with Gasteiger partial charge in [0, 0.05) is 13.3 Å². The Morgan fingerprint density at radius 3 is 2.31 bits per heavy atom. The summed E-state index contributed by atoms with van der Waals surface area (Å²) in [6, 6.07) is 7.29. The third-order valence-corrected chi connectivity index (χ3v) is 8.29. The fourth-order valence-corrected chi connectivity index (χ4v) is 6.28. The van der Waals surface area contributed by atoms with Gasteiger partial charge in [0.1, 0.15) is 0 Å². The minimum absolute atomic E-state index is 0.551. The average Bonchev–Trinajstić information content (AvgIpc) is 2.26. The Kier molecular flexibility index (Phi) is 4.68. The summed E-state index contributed by atoms with van der Waals surface area (Å²) >= 11 is 0. The third-order valence-electron chi connectivity index (χ3n) is 3.11. The van der Waals surface area contributed by atoms with Crippen molar-refractivity contribution in [2.24, 2.45) is 5.92 Å². The maximum Gasteiger partial charge on any atom is 0.245 e. The molecule has 0 saturated heterocycles. The molecular weight excluding hydrogens is 214 g/mol. The molecule has 16 heavy (non-hydrogen) atoms. The number of hydrogen-bond acceptors (Lipinski definition) is 2. The van der Waals surface area contributed by atoms with E-state index in [1.165, 1.54) is 5.32 Å². The van der Waals surface area contributed by atoms with Gasteiger partial charge in [-0.15, -0.1) is 0 Å². The number of nitrogens with zero attached hydrogens (tertiary/aromatic N) is 1. The molecule has 1 heterocycles. The highest BCUT2D eigenvalue weighted by atomic mass is 28.4. The molecule has 0 aliphatic rings. The Hall–Kier alpha value is -0.673. The lowest BCUT2D eigenvalue weighted by molar-refractivity contribution is 0.385. The van der Waals surface area contributed by atoms with Crippen LogP contribution < -0.4 is 5.32 Å². The van der Waals surface area contributed by atoms with Crippen LogP contribution in [0.15, 0.2) is 24.4 Å². The van der Waals surface area contributed by atoms with Crippen molar-refractivity contribution in [2.45, 2.75) is 39.3 Å². The molecule has 0 aromatic carbocycles. The highest BCUT2D eigenvalue weighted by Gasteiger charge is 2.41. The van der Waals surface area contributed by atoms with Gasteiger partial charge in [-0.05, 0) is 29.6 Å². The lowest BCUT2D eigenvalue weighted by Crippen LogP contribution is -2.54. The van der Waals surface area contributed by atoms with Crippen molar-refractivity contribution in [3.63, 3.8) is 0 Å². The number of pyridine rings is 1. The fourth-order valence-electron chi connectivity index (χ4n) is 2.28. The smallest absolute Gasteiger partial charge is 0.245 e. The molecule has 0 bridgehead atoms. The average molecular weight is 237 g/mol. The lowest BCUT2D eigenvalue weighted by atomic mass is 10.3. The van der Waals surface area contributed by atoms with E-state index in [1.54, 1.807) is 0 Å². The lowest BCUT2D eigenvalue weighted by Gasteiger charge is -2.34. The second-order valence-electron chi connectivity index (χ2n) is 5.06. The zero-order valence-electron chi connectivity index (χ0n) is 11.0. The van der Waals surface area contributed by atoms with Crippen molar-refractivity contribution in [3.8, 4) is 0 Å². The van der Waals surface area contributed by atoms with Gasteiger partial charge in [0.05, 0.1) is 5.32 Å². The van der Waals surface area contributed by atoms with Gasteiger partial charge >= 0.3 is 0 Å². The van der Waals surface area contributed by atoms with Crippen molar-refractivity contribution in [1.82, 2.24) is 4.98 Å². The van der Waals surface area contributed by atoms with Crippen molar-refractivity contribution < 1.29 is 4.43 Å². The summed E-state index contributed by atoms with van der Waals surface area (Å²) in [6.07, 6.45) is 1.87. The van der Waals surface area contributed by atoms with E-state index in [9.17, 15) is 0 Å². The zero-order chi connectivity index (χ0) is 12.2. The van der Waals surface area contributed by atoms with Crippen LogP contribution in [0, 0.1) is 5.92 Å². The van der Waals surface area contributed by atoms with Gasteiger partial charge in [0.2, 0.25) is 8.32 Å². The molecule has 1 rings (SSSR count). The first-order valence-electron chi connectivity index (χ1n) is 5.99. The van der Waals surface area contributed by atoms with Crippen LogP contribution in [0.2, 0.25) is 11.6 Å². The van der Waals surface area contributed by atoms with Crippen molar-refractivity contribution >= 4 is 13.6 Å². The van der Waals surface area contributed by atoms with Crippen molar-refractivity contribution in [2.75, 3.05) is 7.11 Å². The minimum atomic E-state index is -1.90. The molecule has 1 atom stereocenters. The van der Waals surface area contributed by atoms with Crippen LogP contribution in [-0.4, -0.2) is 20.4 Å². The summed E-state index contributed by atoms with van der Waals surface area (Å²) < 4.78 is 5.97. The quantitative estimate of drug-likeness (QED) is 0.735. The molecule has 1 unspecified atom stereocenters. The van der Waals surface area contributed by atoms with E-state index in [4.69, 9.17) is 4.43 Å². The van der Waals surface area contributed by atoms with Crippen molar-refractivity contribution in [3.05, 3.63) is 24.4 Å². The molecule has 1 aromatic heterocycles. The molecule has 0 fully saturated rings. The maximum absolute atomic E-state index is 5.97. The minimum Gasteiger partial charge on any atom is -0.414 e. The van der Waals surface area contributed by atoms with E-state index in [-0.39, 0.29) is 0 Å². The fraction of sp³-hybridized carbons (Fsp3) is 0.615. The SMILES string of the molecule is CO[Si](CC(C)C)(c1ccccn1)C(C)C. The van der Waals surface area contributed by atoms with Crippen LogP contribution in [0.4, 0.5) is 0 Å². The monoisotopic (exact) mass is 237 g/mol. The van der Waals surface area contributed by atoms with Crippen LogP contribution in [0.1, 0.15) is 27.7 Å². The predicted octanol–water partition coefficient (Wildman–Crippen LogP) is 2.95. The molecule has 2 nitrogen and oxygen atoms in total. The molecule has 0 aliphatic heterocycles. The van der Waals surface area contributed by atoms with Gasteiger partial charge < -0.3 is 4.43 Å². The maximum atomic E-state index is 5.97. The molecule has 1 aromatic rings. The molecule has 0 saturated carbocycles. The Bertz CT molecular complexity index is 313. The molecule has 0 amide bonds. The molecule has 3 heteroatoms. The summed E-state index contributed by atoms with van der Waals surface area (Å²) in [5.74, 6) is 0.649. The Morgan fingerprint density at radius 1 is 1.25 bits per heavy atom. The van der Waals surface area contributed by atoms with Crippen LogP contribution in [0.5, 0.6) is 0 Å². The molecule has 0 radical (unpaired) electrons. The highest BCUT2D eigenvalue weighted by Crippen LogP contribution is 2.28. The number of aromatic nitrogens is 1. The Morgan fingerprint density at radius 2 is 1.94 bits per heavy atom. The number of hydrogen-bond donors (Lipinski definition) is 0. The van der Waals surface area contributed by atoms with E-state index in [1.807, 2.05) is 19.4 Å². The summed E-state index contributed by atoms with van der Waals surface area (Å²) in [6.45, 7) is 9.03. The van der Waals surface area contributed by atoms with Gasteiger partial charge in [-0.25, -0.2) is 0 Å². The Balaban J connectivity index is 3.12. The van der Waals surface area contributed by atoms with Crippen LogP contribution >= 0.6 is 0 Å². The van der Waals surface area contributed by atoms with E-state index >= 15 is 0 Å². The van der Waals surface area contributed by atoms with Gasteiger partial charge in [0.25, 0.3) is 0 Å². The topological polar surface area (TPSA) is 22.1 Å². The van der Waals surface area contributed by atoms with Crippen molar-refractivity contribution in [1.29, 1.82) is 0 Å². The first-order valence-corrected chi connectivity index (χ1v) is 8.19. The first kappa shape index (κ1) is 13.4. The molecule has 0 N–H and O–H groups in total. The van der Waals surface area contributed by atoms with Gasteiger partial charge in [0.15, 0.2) is 0 Å². The van der Waals surface area contributed by atoms with Gasteiger partial charge in [-0.2, -0.15) is 0 Å². The second kappa shape index (κ2) is 5.59. The largest absolute Gasteiger partial charge is 0.414 e. The molecular formula is C13H23NOSi. The molecule has 90 valence electrons. The molecule has 0 aliphatic carbocycles. The summed E-state index contributed by atoms with van der Waals surface area (Å²) in [7, 11) is -0.0467. The van der Waals surface area contributed by atoms with Gasteiger partial charge in [-0.3, -0.25) is 4.98 Å². The van der Waals surface area contributed by atoms with E-state index in [0.29, 0.717) is 11.5 Å². The third kappa shape index (κ3) is 2.71. The second-order valence-corrected chi connectivity index (χ2v) is 9.32. The standard InChI is InChI=1S/C13H23NOSi/c1-11(2)10-16(15-5,12(3)4)13-8-6-7-9-14-13/h6-9,11-12H,10H2,1-5H3. The Labute approximate surface area is 100 Å². The van der Waals surface area contributed by atoms with Crippen LogP contribution in [-0.2, 0) is 4.43 Å². The van der Waals surface area contributed by atoms with Crippen LogP contribution in [0.25, 0.3) is 0 Å². The summed E-state index contributed by atoms with van der Waals surface area (Å²) in [4.78, 5) is 4.53. The predicted molar refractivity (Wildman–Crippen MR) is 71.4 cm³/mol. The van der Waals surface area contributed by atoms with E-state index in [2.05, 4.69) is 44.8 Å². The first-order chi connectivity index (χ1) is 7.53. The molecule has 0 spiro atoms. The normalized spacial score (nSPS) is 15.4. The van der Waals surface area contributed by atoms with Gasteiger partial charge in [-0.1, -0.05) is 33.8 Å². The highest BCUT2D eigenvalue weighted by molar-refractivity contribution is 6.87. The number of rotatable bonds is 5. The summed E-state index contributed by atoms with van der Waals surface area (Å²) in [5, 5.41) is 1.18. The van der Waals surface area contributed by atoms with E-state index < -0.39 is 8.32 Å². The zero-order valence-corrected chi connectivity index (χ0v) is 12.0. The van der Waals surface area contributed by atoms with Crippen LogP contribution in [0.3, 0.4) is 0 Å².